The molecule has 1 aliphatic rings. The predicted molar refractivity (Wildman–Crippen MR) is 319 cm³/mol. The van der Waals surface area contributed by atoms with Crippen molar-refractivity contribution in [3.8, 4) is 0 Å². The van der Waals surface area contributed by atoms with Crippen molar-refractivity contribution in [2.75, 3.05) is 46.7 Å². The van der Waals surface area contributed by atoms with E-state index in [0.717, 1.165) is 10.6 Å². The highest BCUT2D eigenvalue weighted by atomic mass is 32.1. The number of benzene rings is 2. The Morgan fingerprint density at radius 2 is 1.47 bits per heavy atom. The smallest absolute Gasteiger partial charge is 0.410 e. The molecule has 1 aromatic heterocycles. The van der Waals surface area contributed by atoms with Crippen LogP contribution in [0.4, 0.5) is 15.3 Å². The lowest BCUT2D eigenvalue weighted by Crippen LogP contribution is -2.60. The normalized spacial score (nSPS) is 17.0. The lowest BCUT2D eigenvalue weighted by molar-refractivity contribution is -0.148. The Kier molecular flexibility index (Phi) is 27.8. The van der Waals surface area contributed by atoms with Crippen LogP contribution in [0.1, 0.15) is 123 Å². The minimum absolute atomic E-state index is 0.0580. The number of nitrogens with zero attached hydrogens (tertiary/aromatic N) is 4. The summed E-state index contributed by atoms with van der Waals surface area (Å²) in [6, 6.07) is 10.5. The van der Waals surface area contributed by atoms with E-state index in [9.17, 15) is 38.4 Å². The van der Waals surface area contributed by atoms with E-state index < -0.39 is 102 Å². The summed E-state index contributed by atoms with van der Waals surface area (Å²) in [5.41, 5.74) is 13.2. The predicted octanol–water partition coefficient (Wildman–Crippen LogP) is 5.75. The molecule has 83 heavy (non-hydrogen) atoms. The maximum atomic E-state index is 14.8. The first-order valence-electron chi connectivity index (χ1n) is 28.9. The van der Waals surface area contributed by atoms with Gasteiger partial charge in [-0.15, -0.1) is 11.3 Å². The minimum Gasteiger partial charge on any atom is -0.445 e. The average Bonchev–Trinajstić information content (AvgIpc) is 4.39. The maximum absolute atomic E-state index is 14.8. The van der Waals surface area contributed by atoms with E-state index in [4.69, 9.17) is 25.7 Å². The second kappa shape index (κ2) is 33.6. The molecule has 0 saturated carbocycles. The van der Waals surface area contributed by atoms with Crippen LogP contribution in [0.5, 0.6) is 0 Å². The molecule has 3 aromatic rings. The van der Waals surface area contributed by atoms with Gasteiger partial charge in [-0.25, -0.2) is 14.6 Å². The zero-order chi connectivity index (χ0) is 61.7. The molecule has 11 atom stereocenters. The Morgan fingerprint density at radius 3 is 2.04 bits per heavy atom. The van der Waals surface area contributed by atoms with Gasteiger partial charge in [0.1, 0.15) is 29.7 Å². The molecule has 1 aliphatic heterocycles. The summed E-state index contributed by atoms with van der Waals surface area (Å²) in [5.74, 6) is -4.10. The number of urea groups is 1. The molecule has 2 aromatic carbocycles. The number of hydrogen-bond donors (Lipinski definition) is 7. The fourth-order valence-corrected chi connectivity index (χ4v) is 11.3. The Bertz CT molecular complexity index is 2560. The van der Waals surface area contributed by atoms with E-state index >= 15 is 0 Å². The maximum Gasteiger partial charge on any atom is 0.410 e. The van der Waals surface area contributed by atoms with Crippen molar-refractivity contribution in [2.24, 2.45) is 41.1 Å². The molecule has 4 rings (SSSR count). The molecule has 460 valence electrons. The van der Waals surface area contributed by atoms with Crippen molar-refractivity contribution < 1.29 is 52.6 Å². The quantitative estimate of drug-likeness (QED) is 0.0367. The summed E-state index contributed by atoms with van der Waals surface area (Å²) in [6.45, 7) is 17.1. The Hall–Kier alpha value is -6.69. The number of nitrogens with one attached hydrogen (secondary N) is 5. The molecule has 0 unspecified atom stereocenters. The summed E-state index contributed by atoms with van der Waals surface area (Å²) in [5, 5.41) is 16.8. The summed E-state index contributed by atoms with van der Waals surface area (Å²) < 4.78 is 17.9. The molecule has 0 spiro atoms. The van der Waals surface area contributed by atoms with Gasteiger partial charge >= 0.3 is 12.1 Å². The van der Waals surface area contributed by atoms with Gasteiger partial charge in [0, 0.05) is 58.7 Å². The molecule has 0 radical (unpaired) electrons. The molecule has 23 heteroatoms. The van der Waals surface area contributed by atoms with Crippen molar-refractivity contribution in [3.63, 3.8) is 0 Å². The van der Waals surface area contributed by atoms with Gasteiger partial charge in [-0.2, -0.15) is 0 Å². The van der Waals surface area contributed by atoms with E-state index in [-0.39, 0.29) is 55.7 Å². The molecule has 0 aliphatic carbocycles. The first-order valence-corrected chi connectivity index (χ1v) is 29.8. The molecule has 0 bridgehead atoms. The van der Waals surface area contributed by atoms with Crippen LogP contribution in [0, 0.1) is 29.6 Å². The van der Waals surface area contributed by atoms with E-state index in [2.05, 4.69) is 31.6 Å². The zero-order valence-corrected chi connectivity index (χ0v) is 51.7. The number of aromatic nitrogens is 1. The second-order valence-electron chi connectivity index (χ2n) is 22.7. The summed E-state index contributed by atoms with van der Waals surface area (Å²) in [6.07, 6.45) is 2.60. The van der Waals surface area contributed by atoms with Gasteiger partial charge in [-0.05, 0) is 79.0 Å². The number of carbonyl (C=O) groups is 8. The molecule has 1 fully saturated rings. The van der Waals surface area contributed by atoms with Gasteiger partial charge < -0.3 is 62.1 Å². The van der Waals surface area contributed by atoms with Crippen LogP contribution < -0.4 is 38.1 Å². The highest BCUT2D eigenvalue weighted by Gasteiger charge is 2.44. The number of hydrogen-bond acceptors (Lipinski definition) is 14. The van der Waals surface area contributed by atoms with Crippen molar-refractivity contribution in [2.45, 2.75) is 168 Å². The lowest BCUT2D eigenvalue weighted by Gasteiger charge is -2.41. The van der Waals surface area contributed by atoms with Gasteiger partial charge in [-0.1, -0.05) is 111 Å². The third kappa shape index (κ3) is 20.0. The number of thiazole rings is 1. The topological polar surface area (TPSA) is 299 Å². The van der Waals surface area contributed by atoms with Crippen molar-refractivity contribution in [3.05, 3.63) is 82.3 Å². The number of likely N-dealkylation sites (N-methyl/N-ethyl adjacent to an activating group) is 2. The van der Waals surface area contributed by atoms with Gasteiger partial charge in [-0.3, -0.25) is 33.7 Å². The SMILES string of the molecule is CC[C@H](C)[C@@H]([C@@H](CC(=O)N1CCC[C@H]1[C@H](OC)[C@@H](C)C(=O)N[C@@H](Cc1ccccc1)c1nccs1)OC)N(C)C(=O)[C@@H](NC(=O)[C@H](C(C)C)N(C)C(=O)OCc1ccc(NC(=O)[C@H](CCCNC(N)=O)NC(=O)[C@@H](N)C(C)C)cc1)C(C)C. The van der Waals surface area contributed by atoms with Crippen molar-refractivity contribution in [1.29, 1.82) is 0 Å². The zero-order valence-electron chi connectivity index (χ0n) is 50.8. The number of likely N-dealkylation sites (tertiary alicyclic amines) is 1. The average molecular weight is 1180 g/mol. The van der Waals surface area contributed by atoms with Crippen LogP contribution in [-0.4, -0.2) is 157 Å². The number of methoxy groups -OCH3 is 2. The highest BCUT2D eigenvalue weighted by molar-refractivity contribution is 7.09. The number of anilines is 1. The summed E-state index contributed by atoms with van der Waals surface area (Å²) in [4.78, 5) is 118. The number of rotatable bonds is 32. The summed E-state index contributed by atoms with van der Waals surface area (Å²) >= 11 is 1.48. The molecule has 22 nitrogen and oxygen atoms in total. The van der Waals surface area contributed by atoms with Gasteiger partial charge in [0.05, 0.1) is 48.7 Å². The third-order valence-corrected chi connectivity index (χ3v) is 16.5. The number of amides is 9. The number of primary amides is 1. The largest absolute Gasteiger partial charge is 0.445 e. The van der Waals surface area contributed by atoms with E-state index in [1.165, 1.54) is 30.4 Å². The van der Waals surface area contributed by atoms with E-state index in [1.807, 2.05) is 70.3 Å². The fourth-order valence-electron chi connectivity index (χ4n) is 10.6. The lowest BCUT2D eigenvalue weighted by atomic mass is 9.89. The fraction of sp³-hybridized carbons (Fsp3) is 0.617. The monoisotopic (exact) mass is 1180 g/mol. The first-order chi connectivity index (χ1) is 39.3. The molecule has 2 heterocycles. The highest BCUT2D eigenvalue weighted by Crippen LogP contribution is 2.31. The molecule has 9 N–H and O–H groups in total. The van der Waals surface area contributed by atoms with Crippen LogP contribution in [0.2, 0.25) is 0 Å². The standard InChI is InChI=1S/C60H93N11O11S/c1-14-38(8)51(46(80-12)33-47(72)71-30-19-23-45(71)52(81-13)39(9)53(73)67-44(57-63-29-31-83-57)32-40-20-16-15-17-21-40)69(10)58(77)49(36(4)5)68-56(76)50(37(6)7)70(11)60(79)82-34-41-24-26-42(27-25-41)65-54(74)43(22-18-28-64-59(62)78)66-55(75)48(61)35(2)3/h15-17,20-21,24-27,29,31,35-39,43-46,48-52H,14,18-19,22-23,28,30,32-34,61H2,1-13H3,(H,65,74)(H,66,75)(H,67,73)(H,68,76)(H3,62,64,78)/t38-,39+,43-,44-,45-,46+,48-,49-,50-,51-,52+/m0/s1. The van der Waals surface area contributed by atoms with Crippen molar-refractivity contribution in [1.82, 2.24) is 41.0 Å². The van der Waals surface area contributed by atoms with Crippen LogP contribution in [0.25, 0.3) is 0 Å². The van der Waals surface area contributed by atoms with Crippen molar-refractivity contribution >= 4 is 64.6 Å². The number of ether oxygens (including phenoxy) is 3. The molecule has 9 amide bonds. The van der Waals surface area contributed by atoms with Gasteiger partial charge in [0.25, 0.3) is 0 Å². The van der Waals surface area contributed by atoms with Gasteiger partial charge in [0.2, 0.25) is 35.4 Å². The first kappa shape index (κ1) is 68.8. The summed E-state index contributed by atoms with van der Waals surface area (Å²) in [7, 11) is 6.20. The Labute approximate surface area is 494 Å². The van der Waals surface area contributed by atoms with Crippen LogP contribution >= 0.6 is 11.3 Å². The number of nitrogens with two attached hydrogens (primary N) is 2. The van der Waals surface area contributed by atoms with E-state index in [0.29, 0.717) is 49.9 Å². The minimum atomic E-state index is -1.05. The molecular formula is C60H93N11O11S. The number of carbonyl (C=O) groups excluding carboxylic acids is 8. The Morgan fingerprint density at radius 1 is 0.795 bits per heavy atom. The second-order valence-corrected chi connectivity index (χ2v) is 23.7. The van der Waals surface area contributed by atoms with E-state index in [1.54, 1.807) is 82.1 Å². The van der Waals surface area contributed by atoms with Crippen LogP contribution in [-0.2, 0) is 56.0 Å². The van der Waals surface area contributed by atoms with Crippen LogP contribution in [0.3, 0.4) is 0 Å². The van der Waals surface area contributed by atoms with Gasteiger partial charge in [0.15, 0.2) is 0 Å². The van der Waals surface area contributed by atoms with Crippen LogP contribution in [0.15, 0.2) is 66.2 Å². The Balaban J connectivity index is 1.41. The third-order valence-electron chi connectivity index (χ3n) is 15.6. The molecule has 1 saturated heterocycles. The molecular weight excluding hydrogens is 1080 g/mol.